The number of nitrogens with zero attached hydrogens (tertiary/aromatic N) is 1. The van der Waals surface area contributed by atoms with Crippen LogP contribution in [0.3, 0.4) is 0 Å². The average molecular weight is 351 g/mol. The van der Waals surface area contributed by atoms with Gasteiger partial charge in [-0.05, 0) is 35.9 Å². The number of amides is 1. The van der Waals surface area contributed by atoms with Crippen molar-refractivity contribution in [3.05, 3.63) is 71.5 Å². The molecule has 1 amide bonds. The van der Waals surface area contributed by atoms with Crippen LogP contribution in [0.1, 0.15) is 21.7 Å². The Balaban J connectivity index is 1.31. The van der Waals surface area contributed by atoms with Crippen molar-refractivity contribution in [2.24, 2.45) is 0 Å². The Hall–Kier alpha value is -3.48. The Morgan fingerprint density at radius 3 is 2.85 bits per heavy atom. The minimum Gasteiger partial charge on any atom is -0.487 e. The van der Waals surface area contributed by atoms with Crippen LogP contribution in [0.25, 0.3) is 0 Å². The van der Waals surface area contributed by atoms with Crippen LogP contribution in [0.15, 0.2) is 54.6 Å². The fraction of sp³-hybridized carbons (Fsp3) is 0.158. The summed E-state index contributed by atoms with van der Waals surface area (Å²) < 4.78 is 16.2. The molecule has 1 aliphatic heterocycles. The van der Waals surface area contributed by atoms with Gasteiger partial charge in [0.2, 0.25) is 6.79 Å². The van der Waals surface area contributed by atoms with E-state index < -0.39 is 0 Å². The van der Waals surface area contributed by atoms with Crippen LogP contribution in [0.5, 0.6) is 17.2 Å². The molecule has 0 saturated heterocycles. The Morgan fingerprint density at radius 2 is 1.96 bits per heavy atom. The van der Waals surface area contributed by atoms with Gasteiger partial charge in [-0.1, -0.05) is 24.3 Å². The highest BCUT2D eigenvalue weighted by Gasteiger charge is 2.14. The summed E-state index contributed by atoms with van der Waals surface area (Å²) in [5.41, 5.74) is 1.96. The first-order valence-electron chi connectivity index (χ1n) is 8.17. The first-order valence-corrected chi connectivity index (χ1v) is 8.17. The maximum atomic E-state index is 12.2. The highest BCUT2D eigenvalue weighted by Crippen LogP contribution is 2.32. The molecule has 1 aromatic heterocycles. The molecule has 0 radical (unpaired) electrons. The van der Waals surface area contributed by atoms with E-state index >= 15 is 0 Å². The lowest BCUT2D eigenvalue weighted by molar-refractivity contribution is 0.0946. The number of para-hydroxylation sites is 1. The van der Waals surface area contributed by atoms with Gasteiger partial charge in [0.1, 0.15) is 18.1 Å². The summed E-state index contributed by atoms with van der Waals surface area (Å²) in [5, 5.41) is 9.69. The van der Waals surface area contributed by atoms with Gasteiger partial charge in [-0.25, -0.2) is 0 Å². The Kier molecular flexibility index (Phi) is 4.42. The molecule has 2 heterocycles. The van der Waals surface area contributed by atoms with Gasteiger partial charge in [0, 0.05) is 6.54 Å². The molecule has 132 valence electrons. The van der Waals surface area contributed by atoms with Gasteiger partial charge >= 0.3 is 0 Å². The number of H-pyrrole nitrogens is 1. The molecule has 7 nitrogen and oxygen atoms in total. The minimum atomic E-state index is -0.259. The number of nitrogens with one attached hydrogen (secondary N) is 2. The van der Waals surface area contributed by atoms with Gasteiger partial charge in [0.15, 0.2) is 11.5 Å². The SMILES string of the molecule is O=C(NCc1ccc2c(c1)OCO2)c1cc(COc2ccccc2)[nH]n1. The van der Waals surface area contributed by atoms with Gasteiger partial charge < -0.3 is 19.5 Å². The molecule has 3 aromatic rings. The number of ether oxygens (including phenoxy) is 3. The van der Waals surface area contributed by atoms with E-state index in [-0.39, 0.29) is 12.7 Å². The molecule has 2 aromatic carbocycles. The lowest BCUT2D eigenvalue weighted by Crippen LogP contribution is -2.23. The predicted octanol–water partition coefficient (Wildman–Crippen LogP) is 2.65. The number of benzene rings is 2. The van der Waals surface area contributed by atoms with Crippen LogP contribution >= 0.6 is 0 Å². The number of carbonyl (C=O) groups is 1. The monoisotopic (exact) mass is 351 g/mol. The lowest BCUT2D eigenvalue weighted by atomic mass is 10.2. The Morgan fingerprint density at radius 1 is 1.12 bits per heavy atom. The molecule has 0 unspecified atom stereocenters. The minimum absolute atomic E-state index is 0.228. The second-order valence-corrected chi connectivity index (χ2v) is 5.75. The third-order valence-corrected chi connectivity index (χ3v) is 3.89. The molecule has 4 rings (SSSR count). The average Bonchev–Trinajstić information content (AvgIpc) is 3.34. The number of carbonyl (C=O) groups excluding carboxylic acids is 1. The van der Waals surface area contributed by atoms with E-state index in [0.29, 0.717) is 24.6 Å². The second-order valence-electron chi connectivity index (χ2n) is 5.75. The molecule has 7 heteroatoms. The van der Waals surface area contributed by atoms with Crippen LogP contribution < -0.4 is 19.5 Å². The summed E-state index contributed by atoms with van der Waals surface area (Å²) in [5.74, 6) is 1.91. The van der Waals surface area contributed by atoms with Crippen LogP contribution in [-0.2, 0) is 13.2 Å². The van der Waals surface area contributed by atoms with Crippen molar-refractivity contribution in [3.8, 4) is 17.2 Å². The molecular weight excluding hydrogens is 334 g/mol. The van der Waals surface area contributed by atoms with Crippen molar-refractivity contribution in [2.45, 2.75) is 13.2 Å². The molecule has 0 atom stereocenters. The molecule has 0 saturated carbocycles. The lowest BCUT2D eigenvalue weighted by Gasteiger charge is -2.04. The number of hydrogen-bond donors (Lipinski definition) is 2. The third-order valence-electron chi connectivity index (χ3n) is 3.89. The number of aromatic nitrogens is 2. The molecule has 1 aliphatic rings. The van der Waals surface area contributed by atoms with E-state index in [9.17, 15) is 4.79 Å². The summed E-state index contributed by atoms with van der Waals surface area (Å²) in [6.45, 7) is 0.914. The van der Waals surface area contributed by atoms with Crippen molar-refractivity contribution in [1.29, 1.82) is 0 Å². The normalized spacial score (nSPS) is 12.0. The summed E-state index contributed by atoms with van der Waals surface area (Å²) in [4.78, 5) is 12.2. The van der Waals surface area contributed by atoms with E-state index in [1.807, 2.05) is 48.5 Å². The molecule has 26 heavy (non-hydrogen) atoms. The maximum Gasteiger partial charge on any atom is 0.272 e. The van der Waals surface area contributed by atoms with E-state index in [1.165, 1.54) is 0 Å². The van der Waals surface area contributed by atoms with Gasteiger partial charge in [-0.3, -0.25) is 9.89 Å². The highest BCUT2D eigenvalue weighted by molar-refractivity contribution is 5.92. The predicted molar refractivity (Wildman–Crippen MR) is 93.1 cm³/mol. The molecule has 0 aliphatic carbocycles. The number of hydrogen-bond acceptors (Lipinski definition) is 5. The van der Waals surface area contributed by atoms with Crippen molar-refractivity contribution in [2.75, 3.05) is 6.79 Å². The molecule has 0 fully saturated rings. The van der Waals surface area contributed by atoms with Crippen LogP contribution in [0.4, 0.5) is 0 Å². The van der Waals surface area contributed by atoms with E-state index in [0.717, 1.165) is 22.8 Å². The van der Waals surface area contributed by atoms with Crippen LogP contribution in [0.2, 0.25) is 0 Å². The molecule has 2 N–H and O–H groups in total. The quantitative estimate of drug-likeness (QED) is 0.713. The first-order chi connectivity index (χ1) is 12.8. The zero-order valence-corrected chi connectivity index (χ0v) is 13.9. The molecule has 0 spiro atoms. The fourth-order valence-corrected chi connectivity index (χ4v) is 2.55. The van der Waals surface area contributed by atoms with Crippen molar-refractivity contribution in [3.63, 3.8) is 0 Å². The molecular formula is C19H17N3O4. The second kappa shape index (κ2) is 7.18. The number of aromatic amines is 1. The van der Waals surface area contributed by atoms with E-state index in [4.69, 9.17) is 14.2 Å². The standard InChI is InChI=1S/C19H17N3O4/c23-19(20-10-13-6-7-17-18(8-13)26-12-25-17)16-9-14(21-22-16)11-24-15-4-2-1-3-5-15/h1-9H,10-12H2,(H,20,23)(H,21,22). The Bertz CT molecular complexity index is 908. The zero-order valence-electron chi connectivity index (χ0n) is 13.9. The van der Waals surface area contributed by atoms with Crippen LogP contribution in [0, 0.1) is 0 Å². The summed E-state index contributed by atoms with van der Waals surface area (Å²) in [6.07, 6.45) is 0. The summed E-state index contributed by atoms with van der Waals surface area (Å²) in [6, 6.07) is 16.7. The van der Waals surface area contributed by atoms with Crippen LogP contribution in [-0.4, -0.2) is 22.9 Å². The van der Waals surface area contributed by atoms with E-state index in [1.54, 1.807) is 6.07 Å². The largest absolute Gasteiger partial charge is 0.487 e. The maximum absolute atomic E-state index is 12.2. The highest BCUT2D eigenvalue weighted by atomic mass is 16.7. The van der Waals surface area contributed by atoms with Gasteiger partial charge in [0.25, 0.3) is 5.91 Å². The smallest absolute Gasteiger partial charge is 0.272 e. The van der Waals surface area contributed by atoms with Crippen molar-refractivity contribution < 1.29 is 19.0 Å². The number of fused-ring (bicyclic) bond motifs is 1. The van der Waals surface area contributed by atoms with Gasteiger partial charge in [-0.2, -0.15) is 5.10 Å². The zero-order chi connectivity index (χ0) is 17.8. The first kappa shape index (κ1) is 16.0. The summed E-state index contributed by atoms with van der Waals surface area (Å²) >= 11 is 0. The Labute approximate surface area is 149 Å². The van der Waals surface area contributed by atoms with E-state index in [2.05, 4.69) is 15.5 Å². The number of rotatable bonds is 6. The van der Waals surface area contributed by atoms with Gasteiger partial charge in [0.05, 0.1) is 5.69 Å². The third kappa shape index (κ3) is 3.61. The molecule has 0 bridgehead atoms. The van der Waals surface area contributed by atoms with Crippen molar-refractivity contribution in [1.82, 2.24) is 15.5 Å². The fourth-order valence-electron chi connectivity index (χ4n) is 2.55. The summed E-state index contributed by atoms with van der Waals surface area (Å²) in [7, 11) is 0. The van der Waals surface area contributed by atoms with Gasteiger partial charge in [-0.15, -0.1) is 0 Å². The van der Waals surface area contributed by atoms with Crippen molar-refractivity contribution >= 4 is 5.91 Å². The topological polar surface area (TPSA) is 85.5 Å².